The van der Waals surface area contributed by atoms with E-state index in [1.807, 2.05) is 0 Å². The van der Waals surface area contributed by atoms with Gasteiger partial charge < -0.3 is 14.8 Å². The van der Waals surface area contributed by atoms with Crippen LogP contribution >= 0.6 is 0 Å². The molecule has 1 fully saturated rings. The van der Waals surface area contributed by atoms with Crippen molar-refractivity contribution in [2.24, 2.45) is 0 Å². The molecule has 1 saturated heterocycles. The average molecular weight is 258 g/mol. The lowest BCUT2D eigenvalue weighted by Crippen LogP contribution is -2.59. The van der Waals surface area contributed by atoms with Crippen molar-refractivity contribution in [3.8, 4) is 0 Å². The maximum atomic E-state index is 5.97. The van der Waals surface area contributed by atoms with Gasteiger partial charge in [0.15, 0.2) is 0 Å². The minimum absolute atomic E-state index is 0.0703. The lowest BCUT2D eigenvalue weighted by molar-refractivity contribution is -0.0756. The molecule has 0 unspecified atom stereocenters. The molecule has 0 bridgehead atoms. The van der Waals surface area contributed by atoms with Crippen LogP contribution in [-0.2, 0) is 9.47 Å². The van der Waals surface area contributed by atoms with E-state index >= 15 is 0 Å². The SMILES string of the molecule is CCC(CC)N(CCOC)CCOC1(C)CNC1. The van der Waals surface area contributed by atoms with Crippen LogP contribution < -0.4 is 5.32 Å². The Morgan fingerprint density at radius 1 is 1.17 bits per heavy atom. The van der Waals surface area contributed by atoms with Gasteiger partial charge >= 0.3 is 0 Å². The van der Waals surface area contributed by atoms with Crippen LogP contribution in [0.5, 0.6) is 0 Å². The quantitative estimate of drug-likeness (QED) is 0.644. The van der Waals surface area contributed by atoms with E-state index in [4.69, 9.17) is 9.47 Å². The molecule has 1 rings (SSSR count). The van der Waals surface area contributed by atoms with Gasteiger partial charge in [0.2, 0.25) is 0 Å². The van der Waals surface area contributed by atoms with Crippen molar-refractivity contribution >= 4 is 0 Å². The zero-order valence-electron chi connectivity index (χ0n) is 12.5. The molecule has 4 nitrogen and oxygen atoms in total. The largest absolute Gasteiger partial charge is 0.383 e. The third kappa shape index (κ3) is 4.84. The fourth-order valence-corrected chi connectivity index (χ4v) is 2.48. The fraction of sp³-hybridized carbons (Fsp3) is 1.00. The number of hydrogen-bond acceptors (Lipinski definition) is 4. The van der Waals surface area contributed by atoms with Crippen molar-refractivity contribution in [1.29, 1.82) is 0 Å². The molecule has 1 N–H and O–H groups in total. The number of nitrogens with zero attached hydrogens (tertiary/aromatic N) is 1. The van der Waals surface area contributed by atoms with Crippen LogP contribution in [-0.4, -0.2) is 63.0 Å². The molecule has 0 spiro atoms. The zero-order valence-corrected chi connectivity index (χ0v) is 12.5. The first-order chi connectivity index (χ1) is 8.65. The molecule has 0 aliphatic carbocycles. The van der Waals surface area contributed by atoms with Crippen molar-refractivity contribution in [2.45, 2.75) is 45.3 Å². The van der Waals surface area contributed by atoms with Gasteiger partial charge in [-0.05, 0) is 19.8 Å². The second-order valence-corrected chi connectivity index (χ2v) is 5.40. The minimum Gasteiger partial charge on any atom is -0.383 e. The predicted molar refractivity (Wildman–Crippen MR) is 75.0 cm³/mol. The second-order valence-electron chi connectivity index (χ2n) is 5.40. The van der Waals surface area contributed by atoms with Crippen molar-refractivity contribution in [2.75, 3.05) is 46.5 Å². The highest BCUT2D eigenvalue weighted by Gasteiger charge is 2.32. The summed E-state index contributed by atoms with van der Waals surface area (Å²) in [6.07, 6.45) is 2.39. The van der Waals surface area contributed by atoms with Crippen LogP contribution in [0, 0.1) is 0 Å². The predicted octanol–water partition coefficient (Wildman–Crippen LogP) is 1.50. The number of hydrogen-bond donors (Lipinski definition) is 1. The maximum absolute atomic E-state index is 5.97. The second kappa shape index (κ2) is 8.10. The molecular weight excluding hydrogens is 228 g/mol. The van der Waals surface area contributed by atoms with Crippen LogP contribution in [0.25, 0.3) is 0 Å². The summed E-state index contributed by atoms with van der Waals surface area (Å²) in [6, 6.07) is 0.649. The first kappa shape index (κ1) is 15.9. The summed E-state index contributed by atoms with van der Waals surface area (Å²) in [5.74, 6) is 0. The van der Waals surface area contributed by atoms with Gasteiger partial charge in [0.25, 0.3) is 0 Å². The Balaban J connectivity index is 2.30. The molecule has 0 aromatic rings. The van der Waals surface area contributed by atoms with Gasteiger partial charge in [-0.2, -0.15) is 0 Å². The highest BCUT2D eigenvalue weighted by Crippen LogP contribution is 2.15. The van der Waals surface area contributed by atoms with Gasteiger partial charge in [0, 0.05) is 39.3 Å². The third-order valence-corrected chi connectivity index (χ3v) is 3.87. The van der Waals surface area contributed by atoms with Gasteiger partial charge in [-0.1, -0.05) is 13.8 Å². The first-order valence-corrected chi connectivity index (χ1v) is 7.23. The molecule has 1 heterocycles. The maximum Gasteiger partial charge on any atom is 0.0902 e. The Morgan fingerprint density at radius 2 is 1.78 bits per heavy atom. The smallest absolute Gasteiger partial charge is 0.0902 e. The molecule has 0 aromatic heterocycles. The molecule has 0 atom stereocenters. The lowest BCUT2D eigenvalue weighted by Gasteiger charge is -2.40. The molecule has 0 aromatic carbocycles. The average Bonchev–Trinajstić information content (AvgIpc) is 2.34. The van der Waals surface area contributed by atoms with Gasteiger partial charge in [0.1, 0.15) is 0 Å². The normalized spacial score (nSPS) is 18.3. The van der Waals surface area contributed by atoms with E-state index in [1.165, 1.54) is 12.8 Å². The molecule has 4 heteroatoms. The topological polar surface area (TPSA) is 33.7 Å². The molecular formula is C14H30N2O2. The standard InChI is InChI=1S/C14H30N2O2/c1-5-13(6-2)16(7-9-17-4)8-10-18-14(3)11-15-12-14/h13,15H,5-12H2,1-4H3. The Bertz CT molecular complexity index is 216. The first-order valence-electron chi connectivity index (χ1n) is 7.23. The van der Waals surface area contributed by atoms with E-state index in [2.05, 4.69) is 31.0 Å². The number of rotatable bonds is 10. The summed E-state index contributed by atoms with van der Waals surface area (Å²) < 4.78 is 11.2. The molecule has 1 aliphatic heterocycles. The van der Waals surface area contributed by atoms with Crippen molar-refractivity contribution in [3.63, 3.8) is 0 Å². The molecule has 0 radical (unpaired) electrons. The molecule has 18 heavy (non-hydrogen) atoms. The minimum atomic E-state index is 0.0703. The number of nitrogens with one attached hydrogen (secondary N) is 1. The Kier molecular flexibility index (Phi) is 7.15. The van der Waals surface area contributed by atoms with Gasteiger partial charge in [-0.3, -0.25) is 4.90 Å². The van der Waals surface area contributed by atoms with Crippen LogP contribution in [0.1, 0.15) is 33.6 Å². The molecule has 0 saturated carbocycles. The summed E-state index contributed by atoms with van der Waals surface area (Å²) in [6.45, 7) is 12.3. The number of methoxy groups -OCH3 is 1. The van der Waals surface area contributed by atoms with Crippen molar-refractivity contribution in [3.05, 3.63) is 0 Å². The van der Waals surface area contributed by atoms with Crippen LogP contribution in [0.15, 0.2) is 0 Å². The highest BCUT2D eigenvalue weighted by atomic mass is 16.5. The van der Waals surface area contributed by atoms with E-state index < -0.39 is 0 Å². The highest BCUT2D eigenvalue weighted by molar-refractivity contribution is 4.90. The van der Waals surface area contributed by atoms with E-state index in [1.54, 1.807) is 7.11 Å². The van der Waals surface area contributed by atoms with Crippen molar-refractivity contribution in [1.82, 2.24) is 10.2 Å². The fourth-order valence-electron chi connectivity index (χ4n) is 2.48. The van der Waals surface area contributed by atoms with E-state index in [0.717, 1.165) is 39.4 Å². The Morgan fingerprint density at radius 3 is 2.22 bits per heavy atom. The van der Waals surface area contributed by atoms with Gasteiger partial charge in [0.05, 0.1) is 18.8 Å². The van der Waals surface area contributed by atoms with Gasteiger partial charge in [-0.25, -0.2) is 0 Å². The Hall–Kier alpha value is -0.160. The summed E-state index contributed by atoms with van der Waals surface area (Å²) in [7, 11) is 1.77. The molecule has 1 aliphatic rings. The van der Waals surface area contributed by atoms with Gasteiger partial charge in [-0.15, -0.1) is 0 Å². The number of ether oxygens (including phenoxy) is 2. The van der Waals surface area contributed by atoms with E-state index in [-0.39, 0.29) is 5.60 Å². The van der Waals surface area contributed by atoms with Crippen molar-refractivity contribution < 1.29 is 9.47 Å². The summed E-state index contributed by atoms with van der Waals surface area (Å²) in [5.41, 5.74) is 0.0703. The monoisotopic (exact) mass is 258 g/mol. The van der Waals surface area contributed by atoms with Crippen LogP contribution in [0.3, 0.4) is 0 Å². The summed E-state index contributed by atoms with van der Waals surface area (Å²) in [5, 5.41) is 3.26. The lowest BCUT2D eigenvalue weighted by atomic mass is 10.0. The van der Waals surface area contributed by atoms with E-state index in [0.29, 0.717) is 6.04 Å². The van der Waals surface area contributed by atoms with Crippen LogP contribution in [0.2, 0.25) is 0 Å². The molecule has 0 amide bonds. The van der Waals surface area contributed by atoms with Crippen LogP contribution in [0.4, 0.5) is 0 Å². The Labute approximate surface area is 112 Å². The third-order valence-electron chi connectivity index (χ3n) is 3.87. The summed E-state index contributed by atoms with van der Waals surface area (Å²) >= 11 is 0. The van der Waals surface area contributed by atoms with E-state index in [9.17, 15) is 0 Å². The zero-order chi connectivity index (χ0) is 13.4. The summed E-state index contributed by atoms with van der Waals surface area (Å²) in [4.78, 5) is 2.50. The molecule has 108 valence electrons.